The first kappa shape index (κ1) is 10.4. The highest BCUT2D eigenvalue weighted by Crippen LogP contribution is 2.32. The maximum absolute atomic E-state index is 5.54. The van der Waals surface area contributed by atoms with Crippen LogP contribution in [0.2, 0.25) is 0 Å². The topological polar surface area (TPSA) is 25.2 Å². The van der Waals surface area contributed by atoms with Gasteiger partial charge in [0.1, 0.15) is 5.76 Å². The molecule has 3 rings (SSSR count). The molecule has 1 unspecified atom stereocenters. The standard InChI is InChI=1S/C14H21NO/c1-2-5-11(6-3-1)15-13-7-4-8-14-12(13)9-10-16-14/h9-11,13,15H,1-8H2. The van der Waals surface area contributed by atoms with Crippen LogP contribution in [0.1, 0.15) is 62.3 Å². The minimum absolute atomic E-state index is 0.561. The molecule has 1 N–H and O–H groups in total. The fourth-order valence-electron chi connectivity index (χ4n) is 3.21. The average molecular weight is 219 g/mol. The van der Waals surface area contributed by atoms with Crippen LogP contribution in [0.3, 0.4) is 0 Å². The normalized spacial score (nSPS) is 26.6. The molecule has 1 aromatic heterocycles. The van der Waals surface area contributed by atoms with Crippen LogP contribution < -0.4 is 5.32 Å². The molecule has 0 amide bonds. The van der Waals surface area contributed by atoms with Gasteiger partial charge in [-0.25, -0.2) is 0 Å². The first-order valence-electron chi connectivity index (χ1n) is 6.76. The number of aryl methyl sites for hydroxylation is 1. The summed E-state index contributed by atoms with van der Waals surface area (Å²) in [6, 6.07) is 3.47. The third-order valence-electron chi connectivity index (χ3n) is 4.09. The third-order valence-corrected chi connectivity index (χ3v) is 4.09. The van der Waals surface area contributed by atoms with E-state index >= 15 is 0 Å². The van der Waals surface area contributed by atoms with Gasteiger partial charge in [0.15, 0.2) is 0 Å². The average Bonchev–Trinajstić information content (AvgIpc) is 2.80. The zero-order valence-electron chi connectivity index (χ0n) is 9.87. The molecule has 0 spiro atoms. The summed E-state index contributed by atoms with van der Waals surface area (Å²) in [5.74, 6) is 1.22. The van der Waals surface area contributed by atoms with Crippen molar-refractivity contribution in [3.05, 3.63) is 23.7 Å². The van der Waals surface area contributed by atoms with Gasteiger partial charge in [0.2, 0.25) is 0 Å². The Morgan fingerprint density at radius 2 is 1.94 bits per heavy atom. The molecular formula is C14H21NO. The number of rotatable bonds is 2. The molecule has 1 atom stereocenters. The van der Waals surface area contributed by atoms with Crippen molar-refractivity contribution in [2.75, 3.05) is 0 Å². The van der Waals surface area contributed by atoms with E-state index in [0.29, 0.717) is 6.04 Å². The van der Waals surface area contributed by atoms with Gasteiger partial charge in [-0.05, 0) is 31.7 Å². The summed E-state index contributed by atoms with van der Waals surface area (Å²) in [7, 11) is 0. The molecule has 2 aliphatic carbocycles. The summed E-state index contributed by atoms with van der Waals surface area (Å²) in [6.07, 6.45) is 12.5. The summed E-state index contributed by atoms with van der Waals surface area (Å²) in [4.78, 5) is 0. The first-order chi connectivity index (χ1) is 7.93. The van der Waals surface area contributed by atoms with Gasteiger partial charge in [0.05, 0.1) is 6.26 Å². The lowest BCUT2D eigenvalue weighted by Gasteiger charge is -2.30. The molecule has 2 heteroatoms. The van der Waals surface area contributed by atoms with Crippen molar-refractivity contribution in [3.63, 3.8) is 0 Å². The van der Waals surface area contributed by atoms with E-state index in [1.807, 2.05) is 6.26 Å². The Morgan fingerprint density at radius 1 is 1.06 bits per heavy atom. The smallest absolute Gasteiger partial charge is 0.108 e. The second-order valence-electron chi connectivity index (χ2n) is 5.25. The highest BCUT2D eigenvalue weighted by Gasteiger charge is 2.25. The van der Waals surface area contributed by atoms with Gasteiger partial charge in [-0.15, -0.1) is 0 Å². The van der Waals surface area contributed by atoms with Gasteiger partial charge in [-0.1, -0.05) is 19.3 Å². The zero-order valence-corrected chi connectivity index (χ0v) is 9.87. The minimum Gasteiger partial charge on any atom is -0.469 e. The summed E-state index contributed by atoms with van der Waals surface area (Å²) < 4.78 is 5.54. The van der Waals surface area contributed by atoms with E-state index in [1.165, 1.54) is 56.3 Å². The summed E-state index contributed by atoms with van der Waals surface area (Å²) in [5.41, 5.74) is 1.43. The summed E-state index contributed by atoms with van der Waals surface area (Å²) >= 11 is 0. The Bertz CT molecular complexity index is 338. The maximum Gasteiger partial charge on any atom is 0.108 e. The van der Waals surface area contributed by atoms with E-state index < -0.39 is 0 Å². The van der Waals surface area contributed by atoms with E-state index in [4.69, 9.17) is 4.42 Å². The van der Waals surface area contributed by atoms with Crippen LogP contribution in [-0.4, -0.2) is 6.04 Å². The molecule has 0 bridgehead atoms. The van der Waals surface area contributed by atoms with Crippen LogP contribution in [0, 0.1) is 0 Å². The lowest BCUT2D eigenvalue weighted by molar-refractivity contribution is 0.314. The summed E-state index contributed by atoms with van der Waals surface area (Å²) in [5, 5.41) is 3.84. The first-order valence-corrected chi connectivity index (χ1v) is 6.76. The lowest BCUT2D eigenvalue weighted by Crippen LogP contribution is -2.35. The monoisotopic (exact) mass is 219 g/mol. The molecule has 1 aromatic rings. The molecular weight excluding hydrogens is 198 g/mol. The van der Waals surface area contributed by atoms with Crippen molar-refractivity contribution in [2.45, 2.75) is 63.5 Å². The van der Waals surface area contributed by atoms with Crippen LogP contribution in [0.15, 0.2) is 16.7 Å². The summed E-state index contributed by atoms with van der Waals surface area (Å²) in [6.45, 7) is 0. The Kier molecular flexibility index (Phi) is 3.00. The van der Waals surface area contributed by atoms with Crippen molar-refractivity contribution in [2.24, 2.45) is 0 Å². The number of fused-ring (bicyclic) bond motifs is 1. The molecule has 88 valence electrons. The van der Waals surface area contributed by atoms with Crippen LogP contribution in [0.25, 0.3) is 0 Å². The predicted octanol–water partition coefficient (Wildman–Crippen LogP) is 3.58. The molecule has 0 radical (unpaired) electrons. The van der Waals surface area contributed by atoms with E-state index in [-0.39, 0.29) is 0 Å². The lowest BCUT2D eigenvalue weighted by atomic mass is 9.90. The van der Waals surface area contributed by atoms with Crippen molar-refractivity contribution < 1.29 is 4.42 Å². The van der Waals surface area contributed by atoms with Crippen molar-refractivity contribution >= 4 is 0 Å². The van der Waals surface area contributed by atoms with E-state index in [1.54, 1.807) is 0 Å². The fourth-order valence-corrected chi connectivity index (χ4v) is 3.21. The molecule has 2 nitrogen and oxygen atoms in total. The van der Waals surface area contributed by atoms with Gasteiger partial charge < -0.3 is 9.73 Å². The molecule has 1 saturated carbocycles. The second kappa shape index (κ2) is 4.62. The fraction of sp³-hybridized carbons (Fsp3) is 0.714. The molecule has 2 aliphatic rings. The number of hydrogen-bond acceptors (Lipinski definition) is 2. The highest BCUT2D eigenvalue weighted by molar-refractivity contribution is 5.24. The minimum atomic E-state index is 0.561. The van der Waals surface area contributed by atoms with Gasteiger partial charge in [0, 0.05) is 24.1 Å². The van der Waals surface area contributed by atoms with Crippen LogP contribution in [0.5, 0.6) is 0 Å². The number of furan rings is 1. The Balaban J connectivity index is 1.67. The molecule has 1 heterocycles. The van der Waals surface area contributed by atoms with E-state index in [9.17, 15) is 0 Å². The largest absolute Gasteiger partial charge is 0.469 e. The second-order valence-corrected chi connectivity index (χ2v) is 5.25. The quantitative estimate of drug-likeness (QED) is 0.822. The van der Waals surface area contributed by atoms with Gasteiger partial charge in [-0.3, -0.25) is 0 Å². The third kappa shape index (κ3) is 2.03. The van der Waals surface area contributed by atoms with E-state index in [2.05, 4.69) is 11.4 Å². The van der Waals surface area contributed by atoms with Crippen molar-refractivity contribution in [1.82, 2.24) is 5.32 Å². The Hall–Kier alpha value is -0.760. The van der Waals surface area contributed by atoms with Crippen molar-refractivity contribution in [3.8, 4) is 0 Å². The maximum atomic E-state index is 5.54. The predicted molar refractivity (Wildman–Crippen MR) is 64.4 cm³/mol. The van der Waals surface area contributed by atoms with Crippen molar-refractivity contribution in [1.29, 1.82) is 0 Å². The Morgan fingerprint density at radius 3 is 2.81 bits per heavy atom. The van der Waals surface area contributed by atoms with Gasteiger partial charge in [-0.2, -0.15) is 0 Å². The molecule has 0 saturated heterocycles. The molecule has 1 fully saturated rings. The molecule has 16 heavy (non-hydrogen) atoms. The number of nitrogens with one attached hydrogen (secondary N) is 1. The van der Waals surface area contributed by atoms with E-state index in [0.717, 1.165) is 12.5 Å². The zero-order chi connectivity index (χ0) is 10.8. The van der Waals surface area contributed by atoms with Crippen LogP contribution in [0.4, 0.5) is 0 Å². The Labute approximate surface area is 97.4 Å². The SMILES string of the molecule is c1cc2c(o1)CCCC2NC1CCCCC1. The highest BCUT2D eigenvalue weighted by atomic mass is 16.3. The molecule has 0 aliphatic heterocycles. The van der Waals surface area contributed by atoms with Gasteiger partial charge >= 0.3 is 0 Å². The van der Waals surface area contributed by atoms with Crippen LogP contribution in [-0.2, 0) is 6.42 Å². The van der Waals surface area contributed by atoms with Crippen LogP contribution >= 0.6 is 0 Å². The van der Waals surface area contributed by atoms with Gasteiger partial charge in [0.25, 0.3) is 0 Å². The molecule has 0 aromatic carbocycles. The number of hydrogen-bond donors (Lipinski definition) is 1.